The minimum absolute atomic E-state index is 0.00379. The number of benzene rings is 1. The number of nitrogens with one attached hydrogen (secondary N) is 1. The van der Waals surface area contributed by atoms with E-state index >= 15 is 0 Å². The van der Waals surface area contributed by atoms with Crippen molar-refractivity contribution in [2.45, 2.75) is 19.9 Å². The van der Waals surface area contributed by atoms with Gasteiger partial charge in [0.15, 0.2) is 0 Å². The van der Waals surface area contributed by atoms with Gasteiger partial charge < -0.3 is 9.47 Å². The van der Waals surface area contributed by atoms with Gasteiger partial charge in [-0.2, -0.15) is 0 Å². The van der Waals surface area contributed by atoms with E-state index in [0.717, 1.165) is 24.4 Å². The molecule has 1 aliphatic heterocycles. The Bertz CT molecular complexity index is 568. The smallest absolute Gasteiger partial charge is 0.211 e. The van der Waals surface area contributed by atoms with Gasteiger partial charge in [0.05, 0.1) is 25.6 Å². The van der Waals surface area contributed by atoms with Crippen LogP contribution in [0, 0.1) is 0 Å². The largest absolute Gasteiger partial charge is 0.494 e. The molecular formula is C16H26N2O4S. The molecule has 1 aromatic carbocycles. The Morgan fingerprint density at radius 3 is 2.43 bits per heavy atom. The van der Waals surface area contributed by atoms with E-state index in [1.165, 1.54) is 0 Å². The van der Waals surface area contributed by atoms with Crippen LogP contribution in [-0.4, -0.2) is 58.5 Å². The topological polar surface area (TPSA) is 67.9 Å². The molecule has 6 nitrogen and oxygen atoms in total. The Morgan fingerprint density at radius 2 is 1.87 bits per heavy atom. The summed E-state index contributed by atoms with van der Waals surface area (Å²) >= 11 is 0. The average Bonchev–Trinajstić information content (AvgIpc) is 2.58. The highest BCUT2D eigenvalue weighted by molar-refractivity contribution is 7.89. The second kappa shape index (κ2) is 8.63. The van der Waals surface area contributed by atoms with Crippen LogP contribution in [0.3, 0.4) is 0 Å². The number of sulfonamides is 1. The van der Waals surface area contributed by atoms with Gasteiger partial charge in [0.2, 0.25) is 10.0 Å². The van der Waals surface area contributed by atoms with E-state index in [0.29, 0.717) is 26.4 Å². The molecule has 0 amide bonds. The summed E-state index contributed by atoms with van der Waals surface area (Å²) in [5, 5.41) is 0. The Morgan fingerprint density at radius 1 is 1.22 bits per heavy atom. The van der Waals surface area contributed by atoms with Gasteiger partial charge in [0.25, 0.3) is 0 Å². The van der Waals surface area contributed by atoms with Crippen LogP contribution in [0.1, 0.15) is 25.5 Å². The highest BCUT2D eigenvalue weighted by Gasteiger charge is 2.24. The first-order chi connectivity index (χ1) is 11.1. The summed E-state index contributed by atoms with van der Waals surface area (Å²) < 4.78 is 37.1. The quantitative estimate of drug-likeness (QED) is 0.773. The van der Waals surface area contributed by atoms with Crippen LogP contribution in [0.25, 0.3) is 0 Å². The molecule has 0 radical (unpaired) electrons. The second-order valence-corrected chi connectivity index (χ2v) is 7.51. The summed E-state index contributed by atoms with van der Waals surface area (Å²) in [7, 11) is -3.21. The maximum atomic E-state index is 11.8. The van der Waals surface area contributed by atoms with Crippen LogP contribution in [-0.2, 0) is 14.8 Å². The summed E-state index contributed by atoms with van der Waals surface area (Å²) in [4.78, 5) is 2.26. The van der Waals surface area contributed by atoms with E-state index in [1.54, 1.807) is 6.92 Å². The molecule has 130 valence electrons. The molecule has 1 fully saturated rings. The zero-order chi connectivity index (χ0) is 16.7. The lowest BCUT2D eigenvalue weighted by atomic mass is 10.0. The molecule has 7 heteroatoms. The van der Waals surface area contributed by atoms with Crippen LogP contribution < -0.4 is 9.46 Å². The lowest BCUT2D eigenvalue weighted by Crippen LogP contribution is -2.44. The van der Waals surface area contributed by atoms with Gasteiger partial charge in [0.1, 0.15) is 5.75 Å². The summed E-state index contributed by atoms with van der Waals surface area (Å²) in [5.74, 6) is 0.915. The van der Waals surface area contributed by atoms with Crippen molar-refractivity contribution in [1.29, 1.82) is 0 Å². The number of morpholine rings is 1. The molecule has 23 heavy (non-hydrogen) atoms. The van der Waals surface area contributed by atoms with E-state index in [4.69, 9.17) is 9.47 Å². The summed E-state index contributed by atoms with van der Waals surface area (Å²) in [5.41, 5.74) is 1.08. The van der Waals surface area contributed by atoms with Crippen molar-refractivity contribution in [3.63, 3.8) is 0 Å². The van der Waals surface area contributed by atoms with Crippen molar-refractivity contribution in [3.05, 3.63) is 29.8 Å². The molecule has 1 N–H and O–H groups in total. The summed E-state index contributed by atoms with van der Waals surface area (Å²) in [6, 6.07) is 7.87. The predicted molar refractivity (Wildman–Crippen MR) is 90.2 cm³/mol. The van der Waals surface area contributed by atoms with Gasteiger partial charge in [0, 0.05) is 25.7 Å². The number of rotatable bonds is 8. The molecule has 0 saturated carbocycles. The van der Waals surface area contributed by atoms with E-state index in [2.05, 4.69) is 9.62 Å². The molecule has 1 unspecified atom stereocenters. The highest BCUT2D eigenvalue weighted by atomic mass is 32.2. The van der Waals surface area contributed by atoms with E-state index in [-0.39, 0.29) is 11.8 Å². The molecular weight excluding hydrogens is 316 g/mol. The van der Waals surface area contributed by atoms with Crippen LogP contribution in [0.5, 0.6) is 5.75 Å². The van der Waals surface area contributed by atoms with Gasteiger partial charge in [-0.05, 0) is 31.5 Å². The van der Waals surface area contributed by atoms with Crippen molar-refractivity contribution < 1.29 is 17.9 Å². The predicted octanol–water partition coefficient (Wildman–Crippen LogP) is 1.40. The molecule has 0 aliphatic carbocycles. The van der Waals surface area contributed by atoms with Gasteiger partial charge in [-0.25, -0.2) is 13.1 Å². The number of ether oxygens (including phenoxy) is 2. The van der Waals surface area contributed by atoms with Gasteiger partial charge >= 0.3 is 0 Å². The van der Waals surface area contributed by atoms with Crippen LogP contribution >= 0.6 is 0 Å². The lowest BCUT2D eigenvalue weighted by Gasteiger charge is -2.35. The molecule has 0 aromatic heterocycles. The molecule has 1 heterocycles. The van der Waals surface area contributed by atoms with Crippen LogP contribution in [0.4, 0.5) is 0 Å². The molecule has 2 rings (SSSR count). The molecule has 1 saturated heterocycles. The van der Waals surface area contributed by atoms with Crippen molar-refractivity contribution in [2.75, 3.05) is 45.2 Å². The Hall–Kier alpha value is -1.15. The standard InChI is InChI=1S/C16H26N2O4S/c1-3-22-15-7-5-14(6-8-15)16(13-17-23(19,20)4-2)18-9-11-21-12-10-18/h5-8,16-17H,3-4,9-13H2,1-2H3. The minimum Gasteiger partial charge on any atom is -0.494 e. The number of hydrogen-bond donors (Lipinski definition) is 1. The minimum atomic E-state index is -3.21. The summed E-state index contributed by atoms with van der Waals surface area (Å²) in [6.07, 6.45) is 0. The van der Waals surface area contributed by atoms with Crippen molar-refractivity contribution in [2.24, 2.45) is 0 Å². The fourth-order valence-corrected chi connectivity index (χ4v) is 3.22. The van der Waals surface area contributed by atoms with Gasteiger partial charge in [-0.1, -0.05) is 12.1 Å². The Labute approximate surface area is 138 Å². The third-order valence-electron chi connectivity index (χ3n) is 3.94. The first-order valence-corrected chi connectivity index (χ1v) is 9.73. The third-order valence-corrected chi connectivity index (χ3v) is 5.31. The molecule has 0 bridgehead atoms. The highest BCUT2D eigenvalue weighted by Crippen LogP contribution is 2.24. The average molecular weight is 342 g/mol. The van der Waals surface area contributed by atoms with E-state index in [1.807, 2.05) is 31.2 Å². The second-order valence-electron chi connectivity index (χ2n) is 5.42. The maximum Gasteiger partial charge on any atom is 0.211 e. The lowest BCUT2D eigenvalue weighted by molar-refractivity contribution is 0.0172. The first-order valence-electron chi connectivity index (χ1n) is 8.07. The van der Waals surface area contributed by atoms with Crippen LogP contribution in [0.15, 0.2) is 24.3 Å². The number of hydrogen-bond acceptors (Lipinski definition) is 5. The number of nitrogens with zero attached hydrogens (tertiary/aromatic N) is 1. The van der Waals surface area contributed by atoms with E-state index < -0.39 is 10.0 Å². The monoisotopic (exact) mass is 342 g/mol. The fraction of sp³-hybridized carbons (Fsp3) is 0.625. The van der Waals surface area contributed by atoms with Crippen molar-refractivity contribution in [3.8, 4) is 5.75 Å². The Balaban J connectivity index is 2.14. The maximum absolute atomic E-state index is 11.8. The molecule has 0 spiro atoms. The summed E-state index contributed by atoms with van der Waals surface area (Å²) in [6.45, 7) is 7.53. The van der Waals surface area contributed by atoms with Gasteiger partial charge in [-0.3, -0.25) is 4.90 Å². The van der Waals surface area contributed by atoms with Crippen molar-refractivity contribution >= 4 is 10.0 Å². The molecule has 1 atom stereocenters. The zero-order valence-electron chi connectivity index (χ0n) is 13.8. The van der Waals surface area contributed by atoms with Crippen molar-refractivity contribution in [1.82, 2.24) is 9.62 Å². The SMILES string of the molecule is CCOc1ccc(C(CNS(=O)(=O)CC)N2CCOCC2)cc1. The molecule has 1 aromatic rings. The third kappa shape index (κ3) is 5.46. The zero-order valence-corrected chi connectivity index (χ0v) is 14.6. The first kappa shape index (κ1) is 18.2. The van der Waals surface area contributed by atoms with E-state index in [9.17, 15) is 8.42 Å². The van der Waals surface area contributed by atoms with Gasteiger partial charge in [-0.15, -0.1) is 0 Å². The normalized spacial score (nSPS) is 17.8. The Kier molecular flexibility index (Phi) is 6.83. The van der Waals surface area contributed by atoms with Crippen LogP contribution in [0.2, 0.25) is 0 Å². The molecule has 1 aliphatic rings. The fourth-order valence-electron chi connectivity index (χ4n) is 2.61.